The van der Waals surface area contributed by atoms with Crippen molar-refractivity contribution < 1.29 is 4.79 Å². The zero-order chi connectivity index (χ0) is 13.9. The molecule has 1 fully saturated rings. The predicted octanol–water partition coefficient (Wildman–Crippen LogP) is 2.61. The number of carbonyl (C=O) groups is 1. The van der Waals surface area contributed by atoms with Crippen molar-refractivity contribution in [1.29, 1.82) is 0 Å². The highest BCUT2D eigenvalue weighted by molar-refractivity contribution is 5.94. The van der Waals surface area contributed by atoms with Gasteiger partial charge >= 0.3 is 0 Å². The van der Waals surface area contributed by atoms with Crippen molar-refractivity contribution in [3.05, 3.63) is 48.3 Å². The van der Waals surface area contributed by atoms with Crippen LogP contribution in [-0.4, -0.2) is 16.9 Å². The molecule has 0 radical (unpaired) electrons. The number of anilines is 1. The summed E-state index contributed by atoms with van der Waals surface area (Å²) in [5.74, 6) is 0.00644. The molecule has 2 aromatic rings. The lowest BCUT2D eigenvalue weighted by Gasteiger charge is -2.26. The monoisotopic (exact) mass is 267 g/mol. The molecule has 0 bridgehead atoms. The maximum Gasteiger partial charge on any atom is 0.251 e. The number of amides is 1. The highest BCUT2D eigenvalue weighted by atomic mass is 16.1. The largest absolute Gasteiger partial charge is 0.397 e. The molecule has 1 heterocycles. The van der Waals surface area contributed by atoms with E-state index in [9.17, 15) is 4.79 Å². The van der Waals surface area contributed by atoms with E-state index in [0.29, 0.717) is 17.3 Å². The number of nitrogen functional groups attached to an aromatic ring is 1. The van der Waals surface area contributed by atoms with E-state index >= 15 is 0 Å². The number of nitrogens with one attached hydrogen (secondary N) is 1. The maximum absolute atomic E-state index is 12.0. The molecule has 1 aromatic heterocycles. The first-order valence-electron chi connectivity index (χ1n) is 6.84. The highest BCUT2D eigenvalue weighted by Gasteiger charge is 2.19. The second-order valence-electron chi connectivity index (χ2n) is 5.19. The molecule has 4 nitrogen and oxygen atoms in total. The molecule has 0 aliphatic heterocycles. The molecular weight excluding hydrogens is 250 g/mol. The normalized spacial score (nSPS) is 14.6. The van der Waals surface area contributed by atoms with Gasteiger partial charge < -0.3 is 11.1 Å². The van der Waals surface area contributed by atoms with Gasteiger partial charge in [0.2, 0.25) is 0 Å². The lowest BCUT2D eigenvalue weighted by atomic mass is 9.93. The van der Waals surface area contributed by atoms with E-state index in [0.717, 1.165) is 24.0 Å². The molecule has 3 rings (SSSR count). The molecule has 1 aromatic carbocycles. The molecule has 1 amide bonds. The molecule has 0 unspecified atom stereocenters. The van der Waals surface area contributed by atoms with Gasteiger partial charge in [-0.15, -0.1) is 0 Å². The Morgan fingerprint density at radius 3 is 2.50 bits per heavy atom. The van der Waals surface area contributed by atoms with Crippen LogP contribution in [0.3, 0.4) is 0 Å². The van der Waals surface area contributed by atoms with E-state index in [-0.39, 0.29) is 5.91 Å². The van der Waals surface area contributed by atoms with Crippen LogP contribution >= 0.6 is 0 Å². The van der Waals surface area contributed by atoms with Crippen LogP contribution in [0.5, 0.6) is 0 Å². The Kier molecular flexibility index (Phi) is 3.37. The Hall–Kier alpha value is -2.36. The van der Waals surface area contributed by atoms with E-state index in [1.165, 1.54) is 6.42 Å². The molecule has 0 atom stereocenters. The first kappa shape index (κ1) is 12.7. The van der Waals surface area contributed by atoms with Gasteiger partial charge in [0.25, 0.3) is 5.91 Å². The van der Waals surface area contributed by atoms with E-state index in [2.05, 4.69) is 10.3 Å². The SMILES string of the molecule is Nc1cncc(-c2ccc(C(=O)NC3CCC3)cc2)c1. The number of carbonyl (C=O) groups excluding carboxylic acids is 1. The molecule has 1 saturated carbocycles. The molecule has 1 aliphatic carbocycles. The second kappa shape index (κ2) is 5.33. The maximum atomic E-state index is 12.0. The highest BCUT2D eigenvalue weighted by Crippen LogP contribution is 2.22. The summed E-state index contributed by atoms with van der Waals surface area (Å²) in [5.41, 5.74) is 9.01. The number of rotatable bonds is 3. The number of hydrogen-bond acceptors (Lipinski definition) is 3. The van der Waals surface area contributed by atoms with Gasteiger partial charge in [-0.1, -0.05) is 12.1 Å². The van der Waals surface area contributed by atoms with Crippen molar-refractivity contribution >= 4 is 11.6 Å². The fraction of sp³-hybridized carbons (Fsp3) is 0.250. The van der Waals surface area contributed by atoms with Gasteiger partial charge in [-0.3, -0.25) is 9.78 Å². The molecule has 3 N–H and O–H groups in total. The topological polar surface area (TPSA) is 68.0 Å². The summed E-state index contributed by atoms with van der Waals surface area (Å²) in [5, 5.41) is 3.03. The molecular formula is C16H17N3O. The van der Waals surface area contributed by atoms with Gasteiger partial charge in [0, 0.05) is 29.6 Å². The third-order valence-corrected chi connectivity index (χ3v) is 3.68. The van der Waals surface area contributed by atoms with Crippen molar-refractivity contribution in [3.63, 3.8) is 0 Å². The smallest absolute Gasteiger partial charge is 0.251 e. The molecule has 0 saturated heterocycles. The van der Waals surface area contributed by atoms with Crippen molar-refractivity contribution in [2.24, 2.45) is 0 Å². The summed E-state index contributed by atoms with van der Waals surface area (Å²) < 4.78 is 0. The first-order valence-corrected chi connectivity index (χ1v) is 6.84. The van der Waals surface area contributed by atoms with E-state index in [1.807, 2.05) is 30.3 Å². The molecule has 0 spiro atoms. The summed E-state index contributed by atoms with van der Waals surface area (Å²) in [6.45, 7) is 0. The van der Waals surface area contributed by atoms with E-state index in [1.54, 1.807) is 12.4 Å². The number of pyridine rings is 1. The Morgan fingerprint density at radius 1 is 1.15 bits per heavy atom. The van der Waals surface area contributed by atoms with Gasteiger partial charge in [0.05, 0.1) is 5.69 Å². The fourth-order valence-corrected chi connectivity index (χ4v) is 2.25. The van der Waals surface area contributed by atoms with Gasteiger partial charge in [0.1, 0.15) is 0 Å². The minimum Gasteiger partial charge on any atom is -0.397 e. The molecule has 20 heavy (non-hydrogen) atoms. The van der Waals surface area contributed by atoms with E-state index < -0.39 is 0 Å². The zero-order valence-corrected chi connectivity index (χ0v) is 11.2. The average Bonchev–Trinajstić information content (AvgIpc) is 2.43. The summed E-state index contributed by atoms with van der Waals surface area (Å²) in [6, 6.07) is 9.76. The van der Waals surface area contributed by atoms with Crippen molar-refractivity contribution in [3.8, 4) is 11.1 Å². The standard InChI is InChI=1S/C16H17N3O/c17-14-8-13(9-18-10-14)11-4-6-12(7-5-11)16(20)19-15-2-1-3-15/h4-10,15H,1-3,17H2,(H,19,20). The number of hydrogen-bond donors (Lipinski definition) is 2. The van der Waals surface area contributed by atoms with Crippen molar-refractivity contribution in [2.75, 3.05) is 5.73 Å². The van der Waals surface area contributed by atoms with Crippen molar-refractivity contribution in [1.82, 2.24) is 10.3 Å². The van der Waals surface area contributed by atoms with Gasteiger partial charge in [0.15, 0.2) is 0 Å². The Labute approximate surface area is 118 Å². The van der Waals surface area contributed by atoms with Crippen molar-refractivity contribution in [2.45, 2.75) is 25.3 Å². The quantitative estimate of drug-likeness (QED) is 0.898. The van der Waals surface area contributed by atoms with Gasteiger partial charge in [-0.05, 0) is 43.0 Å². The zero-order valence-electron chi connectivity index (χ0n) is 11.2. The first-order chi connectivity index (χ1) is 9.72. The third kappa shape index (κ3) is 2.64. The van der Waals surface area contributed by atoms with Gasteiger partial charge in [-0.2, -0.15) is 0 Å². The lowest BCUT2D eigenvalue weighted by molar-refractivity contribution is 0.0917. The van der Waals surface area contributed by atoms with Crippen LogP contribution in [0, 0.1) is 0 Å². The molecule has 4 heteroatoms. The predicted molar refractivity (Wildman–Crippen MR) is 79.2 cm³/mol. The van der Waals surface area contributed by atoms with Crippen LogP contribution < -0.4 is 11.1 Å². The fourth-order valence-electron chi connectivity index (χ4n) is 2.25. The second-order valence-corrected chi connectivity index (χ2v) is 5.19. The molecule has 1 aliphatic rings. The molecule has 102 valence electrons. The summed E-state index contributed by atoms with van der Waals surface area (Å²) in [6.07, 6.45) is 6.79. The Balaban J connectivity index is 1.75. The van der Waals surface area contributed by atoms with Crippen LogP contribution in [-0.2, 0) is 0 Å². The minimum atomic E-state index is 0.00644. The lowest BCUT2D eigenvalue weighted by Crippen LogP contribution is -2.39. The summed E-state index contributed by atoms with van der Waals surface area (Å²) in [7, 11) is 0. The van der Waals surface area contributed by atoms with Crippen LogP contribution in [0.2, 0.25) is 0 Å². The van der Waals surface area contributed by atoms with Crippen LogP contribution in [0.15, 0.2) is 42.7 Å². The Morgan fingerprint density at radius 2 is 1.90 bits per heavy atom. The number of nitrogens with two attached hydrogens (primary N) is 1. The third-order valence-electron chi connectivity index (χ3n) is 3.68. The number of nitrogens with zero attached hydrogens (tertiary/aromatic N) is 1. The average molecular weight is 267 g/mol. The Bertz CT molecular complexity index is 618. The van der Waals surface area contributed by atoms with Gasteiger partial charge in [-0.25, -0.2) is 0 Å². The van der Waals surface area contributed by atoms with Crippen LogP contribution in [0.25, 0.3) is 11.1 Å². The van der Waals surface area contributed by atoms with Crippen LogP contribution in [0.4, 0.5) is 5.69 Å². The van der Waals surface area contributed by atoms with Crippen LogP contribution in [0.1, 0.15) is 29.6 Å². The number of aromatic nitrogens is 1. The summed E-state index contributed by atoms with van der Waals surface area (Å²) >= 11 is 0. The minimum absolute atomic E-state index is 0.00644. The van der Waals surface area contributed by atoms with E-state index in [4.69, 9.17) is 5.73 Å². The summed E-state index contributed by atoms with van der Waals surface area (Å²) in [4.78, 5) is 16.1. The number of benzene rings is 1.